The van der Waals surface area contributed by atoms with Crippen LogP contribution >= 0.6 is 11.8 Å². The fraction of sp³-hybridized carbons (Fsp3) is 0.389. The molecule has 1 aromatic carbocycles. The fourth-order valence-electron chi connectivity index (χ4n) is 2.82. The minimum atomic E-state index is -0.405. The minimum Gasteiger partial charge on any atom is -0.496 e. The topological polar surface area (TPSA) is 81.9 Å². The molecule has 0 aliphatic heterocycles. The van der Waals surface area contributed by atoms with Crippen LogP contribution in [0.15, 0.2) is 38.8 Å². The van der Waals surface area contributed by atoms with E-state index < -0.39 is 11.2 Å². The van der Waals surface area contributed by atoms with Crippen LogP contribution in [0.25, 0.3) is 11.2 Å². The normalized spacial score (nSPS) is 11.2. The summed E-state index contributed by atoms with van der Waals surface area (Å²) in [4.78, 5) is 32.5. The van der Waals surface area contributed by atoms with E-state index in [0.29, 0.717) is 23.5 Å². The Morgan fingerprint density at radius 2 is 2.04 bits per heavy atom. The lowest BCUT2D eigenvalue weighted by Crippen LogP contribution is -2.31. The molecule has 3 aromatic rings. The van der Waals surface area contributed by atoms with Gasteiger partial charge in [-0.3, -0.25) is 14.3 Å². The van der Waals surface area contributed by atoms with Crippen molar-refractivity contribution in [3.8, 4) is 5.75 Å². The van der Waals surface area contributed by atoms with Crippen LogP contribution in [-0.2, 0) is 19.3 Å². The Morgan fingerprint density at radius 3 is 2.77 bits per heavy atom. The highest BCUT2D eigenvalue weighted by molar-refractivity contribution is 7.98. The Bertz CT molecular complexity index is 1040. The van der Waals surface area contributed by atoms with Crippen LogP contribution in [0.5, 0.6) is 5.75 Å². The third-order valence-corrected chi connectivity index (χ3v) is 5.32. The highest BCUT2D eigenvalue weighted by Gasteiger charge is 2.16. The number of nitrogens with zero attached hydrogens (tertiary/aromatic N) is 3. The summed E-state index contributed by atoms with van der Waals surface area (Å²) in [5, 5.41) is 0. The second-order valence-corrected chi connectivity index (χ2v) is 6.98. The van der Waals surface area contributed by atoms with Gasteiger partial charge in [0.15, 0.2) is 11.2 Å². The SMILES string of the molecule is CCCCn1c(=O)[nH]c(=O)c2c1nc(CSc1ccccc1OC)n2C. The number of rotatable bonds is 7. The van der Waals surface area contributed by atoms with E-state index in [1.165, 1.54) is 0 Å². The van der Waals surface area contributed by atoms with Crippen molar-refractivity contribution in [1.82, 2.24) is 19.1 Å². The van der Waals surface area contributed by atoms with Crippen molar-refractivity contribution in [3.63, 3.8) is 0 Å². The molecule has 0 atom stereocenters. The molecule has 0 aliphatic rings. The molecule has 138 valence electrons. The first kappa shape index (κ1) is 18.3. The zero-order chi connectivity index (χ0) is 18.7. The van der Waals surface area contributed by atoms with Gasteiger partial charge in [-0.05, 0) is 18.6 Å². The third kappa shape index (κ3) is 3.41. The Balaban J connectivity index is 1.99. The number of H-pyrrole nitrogens is 1. The van der Waals surface area contributed by atoms with E-state index in [1.807, 2.05) is 24.3 Å². The number of benzene rings is 1. The molecule has 2 heterocycles. The van der Waals surface area contributed by atoms with Crippen LogP contribution < -0.4 is 16.0 Å². The zero-order valence-corrected chi connectivity index (χ0v) is 15.9. The van der Waals surface area contributed by atoms with E-state index in [1.54, 1.807) is 35.1 Å². The Morgan fingerprint density at radius 1 is 1.27 bits per heavy atom. The van der Waals surface area contributed by atoms with Crippen molar-refractivity contribution < 1.29 is 4.74 Å². The first-order valence-corrected chi connectivity index (χ1v) is 9.49. The maximum absolute atomic E-state index is 12.3. The molecule has 0 bridgehead atoms. The lowest BCUT2D eigenvalue weighted by Gasteiger charge is -2.07. The van der Waals surface area contributed by atoms with E-state index in [0.717, 1.165) is 29.3 Å². The van der Waals surface area contributed by atoms with E-state index in [9.17, 15) is 9.59 Å². The second-order valence-electron chi connectivity index (χ2n) is 5.96. The molecule has 3 rings (SSSR count). The average molecular weight is 374 g/mol. The van der Waals surface area contributed by atoms with Crippen molar-refractivity contribution in [2.24, 2.45) is 7.05 Å². The Kier molecular flexibility index (Phi) is 5.51. The summed E-state index contributed by atoms with van der Waals surface area (Å²) in [7, 11) is 3.44. The van der Waals surface area contributed by atoms with Crippen LogP contribution in [-0.4, -0.2) is 26.2 Å². The number of hydrogen-bond donors (Lipinski definition) is 1. The van der Waals surface area contributed by atoms with Gasteiger partial charge >= 0.3 is 5.69 Å². The monoisotopic (exact) mass is 374 g/mol. The molecule has 0 radical (unpaired) electrons. The number of hydrogen-bond acceptors (Lipinski definition) is 5. The zero-order valence-electron chi connectivity index (χ0n) is 15.1. The second kappa shape index (κ2) is 7.82. The van der Waals surface area contributed by atoms with Gasteiger partial charge in [0.2, 0.25) is 0 Å². The van der Waals surface area contributed by atoms with Crippen molar-refractivity contribution in [3.05, 3.63) is 50.9 Å². The Labute approximate surface area is 155 Å². The maximum atomic E-state index is 12.3. The molecule has 0 saturated heterocycles. The highest BCUT2D eigenvalue weighted by atomic mass is 32.2. The maximum Gasteiger partial charge on any atom is 0.330 e. The van der Waals surface area contributed by atoms with Gasteiger partial charge in [-0.1, -0.05) is 25.5 Å². The van der Waals surface area contributed by atoms with Gasteiger partial charge in [-0.15, -0.1) is 11.8 Å². The molecule has 0 aliphatic carbocycles. The van der Waals surface area contributed by atoms with Crippen molar-refractivity contribution in [2.75, 3.05) is 7.11 Å². The number of imidazole rings is 1. The summed E-state index contributed by atoms with van der Waals surface area (Å²) in [5.41, 5.74) is 0.0703. The smallest absolute Gasteiger partial charge is 0.330 e. The van der Waals surface area contributed by atoms with Crippen LogP contribution in [0.1, 0.15) is 25.6 Å². The number of fused-ring (bicyclic) bond motifs is 1. The summed E-state index contributed by atoms with van der Waals surface area (Å²) in [5.74, 6) is 2.10. The first-order chi connectivity index (χ1) is 12.6. The number of ether oxygens (including phenoxy) is 1. The van der Waals surface area contributed by atoms with E-state index in [4.69, 9.17) is 4.74 Å². The number of thioether (sulfide) groups is 1. The molecular weight excluding hydrogens is 352 g/mol. The predicted molar refractivity (Wildman–Crippen MR) is 103 cm³/mol. The standard InChI is InChI=1S/C18H22N4O3S/c1-4-5-10-22-16-15(17(23)20-18(22)24)21(2)14(19-16)11-26-13-9-7-6-8-12(13)25-3/h6-9H,4-5,10-11H2,1-3H3,(H,20,23,24). The number of para-hydroxylation sites is 1. The van der Waals surface area contributed by atoms with Crippen molar-refractivity contribution in [2.45, 2.75) is 37.0 Å². The summed E-state index contributed by atoms with van der Waals surface area (Å²) < 4.78 is 8.69. The van der Waals surface area contributed by atoms with Gasteiger partial charge in [0, 0.05) is 18.5 Å². The molecule has 26 heavy (non-hydrogen) atoms. The van der Waals surface area contributed by atoms with E-state index >= 15 is 0 Å². The summed E-state index contributed by atoms with van der Waals surface area (Å²) in [6.45, 7) is 2.60. The number of methoxy groups -OCH3 is 1. The minimum absolute atomic E-state index is 0.402. The number of nitrogens with one attached hydrogen (secondary N) is 1. The van der Waals surface area contributed by atoms with Gasteiger partial charge in [-0.25, -0.2) is 9.78 Å². The molecular formula is C18H22N4O3S. The molecule has 0 amide bonds. The van der Waals surface area contributed by atoms with Gasteiger partial charge in [0.1, 0.15) is 11.6 Å². The lowest BCUT2D eigenvalue weighted by atomic mass is 10.3. The first-order valence-electron chi connectivity index (χ1n) is 8.51. The van der Waals surface area contributed by atoms with E-state index in [2.05, 4.69) is 16.9 Å². The number of aromatic amines is 1. The molecule has 0 fully saturated rings. The molecule has 0 spiro atoms. The Hall–Kier alpha value is -2.48. The molecule has 8 heteroatoms. The van der Waals surface area contributed by atoms with Crippen LogP contribution in [0.4, 0.5) is 0 Å². The predicted octanol–water partition coefficient (Wildman–Crippen LogP) is 2.52. The van der Waals surface area contributed by atoms with Gasteiger partial charge < -0.3 is 9.30 Å². The lowest BCUT2D eigenvalue weighted by molar-refractivity contribution is 0.405. The molecule has 1 N–H and O–H groups in total. The largest absolute Gasteiger partial charge is 0.496 e. The summed E-state index contributed by atoms with van der Waals surface area (Å²) in [6, 6.07) is 7.76. The quantitative estimate of drug-likeness (QED) is 0.643. The number of unbranched alkanes of at least 4 members (excludes halogenated alkanes) is 1. The molecule has 2 aromatic heterocycles. The van der Waals surface area contributed by atoms with Crippen LogP contribution in [0.2, 0.25) is 0 Å². The molecule has 7 nitrogen and oxygen atoms in total. The van der Waals surface area contributed by atoms with Crippen LogP contribution in [0, 0.1) is 0 Å². The average Bonchev–Trinajstić information content (AvgIpc) is 2.97. The van der Waals surface area contributed by atoms with Gasteiger partial charge in [0.25, 0.3) is 5.56 Å². The number of aryl methyl sites for hydroxylation is 2. The fourth-order valence-corrected chi connectivity index (χ4v) is 3.84. The molecule has 0 unspecified atom stereocenters. The summed E-state index contributed by atoms with van der Waals surface area (Å²) >= 11 is 1.58. The van der Waals surface area contributed by atoms with Gasteiger partial charge in [0.05, 0.1) is 12.9 Å². The van der Waals surface area contributed by atoms with Crippen LogP contribution in [0.3, 0.4) is 0 Å². The van der Waals surface area contributed by atoms with Crippen molar-refractivity contribution >= 4 is 22.9 Å². The van der Waals surface area contributed by atoms with Gasteiger partial charge in [-0.2, -0.15) is 0 Å². The van der Waals surface area contributed by atoms with E-state index in [-0.39, 0.29) is 0 Å². The molecule has 0 saturated carbocycles. The third-order valence-electron chi connectivity index (χ3n) is 4.27. The highest BCUT2D eigenvalue weighted by Crippen LogP contribution is 2.31. The van der Waals surface area contributed by atoms with Crippen molar-refractivity contribution in [1.29, 1.82) is 0 Å². The number of aromatic nitrogens is 4. The summed E-state index contributed by atoms with van der Waals surface area (Å²) in [6.07, 6.45) is 1.80.